The van der Waals surface area contributed by atoms with Crippen molar-refractivity contribution in [3.8, 4) is 5.75 Å². The normalized spacial score (nSPS) is 10.5. The van der Waals surface area contributed by atoms with Gasteiger partial charge in [0.1, 0.15) is 11.3 Å². The highest BCUT2D eigenvalue weighted by Gasteiger charge is 2.14. The Morgan fingerprint density at radius 3 is 2.71 bits per heavy atom. The highest BCUT2D eigenvalue weighted by atomic mass is 32.1. The van der Waals surface area contributed by atoms with Crippen LogP contribution in [0, 0.1) is 6.92 Å². The molecule has 2 amide bonds. The smallest absolute Gasteiger partial charge is 0.344 e. The lowest BCUT2D eigenvalue weighted by atomic mass is 10.1. The van der Waals surface area contributed by atoms with Gasteiger partial charge in [-0.2, -0.15) is 0 Å². The predicted molar refractivity (Wildman–Crippen MR) is 100 cm³/mol. The minimum Gasteiger partial charge on any atom is -0.482 e. The molecule has 0 saturated carbocycles. The molecule has 1 aromatic carbocycles. The van der Waals surface area contributed by atoms with Crippen molar-refractivity contribution in [3.05, 3.63) is 62.6 Å². The van der Waals surface area contributed by atoms with Gasteiger partial charge in [-0.05, 0) is 36.1 Å². The van der Waals surface area contributed by atoms with Crippen molar-refractivity contribution in [3.63, 3.8) is 0 Å². The zero-order valence-corrected chi connectivity index (χ0v) is 15.5. The molecule has 0 aliphatic heterocycles. The number of hydrogen-bond donors (Lipinski definition) is 1. The second kappa shape index (κ2) is 8.49. The van der Waals surface area contributed by atoms with Crippen molar-refractivity contribution in [2.24, 2.45) is 0 Å². The van der Waals surface area contributed by atoms with E-state index >= 15 is 0 Å². The highest BCUT2D eigenvalue weighted by Crippen LogP contribution is 2.22. The molecule has 8 nitrogen and oxygen atoms in total. The van der Waals surface area contributed by atoms with Crippen molar-refractivity contribution < 1.29 is 28.3 Å². The van der Waals surface area contributed by atoms with E-state index in [1.807, 2.05) is 0 Å². The summed E-state index contributed by atoms with van der Waals surface area (Å²) < 4.78 is 15.2. The van der Waals surface area contributed by atoms with E-state index in [2.05, 4.69) is 5.32 Å². The molecule has 0 saturated heterocycles. The number of hydrogen-bond acceptors (Lipinski definition) is 8. The van der Waals surface area contributed by atoms with E-state index in [1.54, 1.807) is 36.6 Å². The first-order valence-corrected chi connectivity index (χ1v) is 9.01. The van der Waals surface area contributed by atoms with Gasteiger partial charge in [0.2, 0.25) is 0 Å². The van der Waals surface area contributed by atoms with Crippen LogP contribution in [0.4, 0.5) is 0 Å². The lowest BCUT2D eigenvalue weighted by Crippen LogP contribution is -2.34. The standard InChI is InChI=1S/C19H15NO7S/c1-11-7-17(22)27-14-8-12(4-5-13(11)14)25-10-18(23)26-9-16(21)20-19(24)15-3-2-6-28-15/h2-8H,9-10H2,1H3,(H,20,21,24). The Morgan fingerprint density at radius 1 is 1.14 bits per heavy atom. The van der Waals surface area contributed by atoms with Crippen LogP contribution in [0.25, 0.3) is 11.0 Å². The maximum atomic E-state index is 11.7. The fourth-order valence-electron chi connectivity index (χ4n) is 2.36. The van der Waals surface area contributed by atoms with Gasteiger partial charge in [0.05, 0.1) is 4.88 Å². The van der Waals surface area contributed by atoms with Crippen LogP contribution < -0.4 is 15.7 Å². The second-order valence-electron chi connectivity index (χ2n) is 5.71. The summed E-state index contributed by atoms with van der Waals surface area (Å²) in [5.41, 5.74) is 0.618. The van der Waals surface area contributed by atoms with Crippen LogP contribution >= 0.6 is 11.3 Å². The average Bonchev–Trinajstić information content (AvgIpc) is 3.19. The molecule has 0 unspecified atom stereocenters. The van der Waals surface area contributed by atoms with E-state index in [0.717, 1.165) is 10.9 Å². The van der Waals surface area contributed by atoms with Gasteiger partial charge in [-0.15, -0.1) is 11.3 Å². The van der Waals surface area contributed by atoms with Crippen LogP contribution in [0.3, 0.4) is 0 Å². The van der Waals surface area contributed by atoms with Crippen molar-refractivity contribution in [1.29, 1.82) is 0 Å². The van der Waals surface area contributed by atoms with Gasteiger partial charge in [0.15, 0.2) is 13.2 Å². The van der Waals surface area contributed by atoms with Crippen LogP contribution in [0.5, 0.6) is 5.75 Å². The molecule has 1 N–H and O–H groups in total. The predicted octanol–water partition coefficient (Wildman–Crippen LogP) is 2.04. The minimum absolute atomic E-state index is 0.301. The lowest BCUT2D eigenvalue weighted by molar-refractivity contribution is -0.150. The molecule has 2 aromatic heterocycles. The fraction of sp³-hybridized carbons (Fsp3) is 0.158. The van der Waals surface area contributed by atoms with E-state index in [1.165, 1.54) is 23.5 Å². The quantitative estimate of drug-likeness (QED) is 0.497. The second-order valence-corrected chi connectivity index (χ2v) is 6.66. The monoisotopic (exact) mass is 401 g/mol. The Morgan fingerprint density at radius 2 is 1.96 bits per heavy atom. The van der Waals surface area contributed by atoms with E-state index < -0.39 is 36.6 Å². The van der Waals surface area contributed by atoms with E-state index in [-0.39, 0.29) is 0 Å². The van der Waals surface area contributed by atoms with Crippen LogP contribution in [-0.2, 0) is 14.3 Å². The van der Waals surface area contributed by atoms with Crippen molar-refractivity contribution >= 4 is 40.1 Å². The molecule has 0 aliphatic carbocycles. The Bertz CT molecular complexity index is 1090. The molecule has 0 bridgehead atoms. The molecule has 28 heavy (non-hydrogen) atoms. The maximum absolute atomic E-state index is 11.7. The molecule has 3 rings (SSSR count). The third-order valence-electron chi connectivity index (χ3n) is 3.64. The number of rotatable bonds is 6. The fourth-order valence-corrected chi connectivity index (χ4v) is 2.98. The minimum atomic E-state index is -0.787. The molecule has 0 radical (unpaired) electrons. The molecule has 3 aromatic rings. The number of fused-ring (bicyclic) bond motifs is 1. The number of amides is 2. The number of thiophene rings is 1. The Labute approximate surface area is 162 Å². The summed E-state index contributed by atoms with van der Waals surface area (Å²) in [7, 11) is 0. The first-order valence-electron chi connectivity index (χ1n) is 8.13. The largest absolute Gasteiger partial charge is 0.482 e. The van der Waals surface area contributed by atoms with Crippen LogP contribution in [0.2, 0.25) is 0 Å². The van der Waals surface area contributed by atoms with Gasteiger partial charge in [0.25, 0.3) is 11.8 Å². The van der Waals surface area contributed by atoms with Gasteiger partial charge in [-0.1, -0.05) is 6.07 Å². The van der Waals surface area contributed by atoms with Gasteiger partial charge in [0, 0.05) is 17.5 Å². The number of carbonyl (C=O) groups is 3. The molecule has 144 valence electrons. The topological polar surface area (TPSA) is 112 Å². The molecule has 2 heterocycles. The molecule has 0 atom stereocenters. The Balaban J connectivity index is 1.49. The number of nitrogens with one attached hydrogen (secondary N) is 1. The number of aryl methyl sites for hydroxylation is 1. The summed E-state index contributed by atoms with van der Waals surface area (Å²) in [6.45, 7) is 0.726. The van der Waals surface area contributed by atoms with E-state index in [4.69, 9.17) is 13.9 Å². The lowest BCUT2D eigenvalue weighted by Gasteiger charge is -2.08. The number of imide groups is 1. The number of ether oxygens (including phenoxy) is 2. The number of benzene rings is 1. The summed E-state index contributed by atoms with van der Waals surface area (Å²) in [4.78, 5) is 46.9. The zero-order valence-electron chi connectivity index (χ0n) is 14.7. The first kappa shape index (κ1) is 19.3. The van der Waals surface area contributed by atoms with Crippen LogP contribution in [0.15, 0.2) is 51.0 Å². The Kier molecular flexibility index (Phi) is 5.85. The third kappa shape index (κ3) is 4.83. The maximum Gasteiger partial charge on any atom is 0.344 e. The van der Waals surface area contributed by atoms with Gasteiger partial charge in [-0.25, -0.2) is 9.59 Å². The average molecular weight is 401 g/mol. The molecule has 9 heteroatoms. The van der Waals surface area contributed by atoms with Gasteiger partial charge >= 0.3 is 11.6 Å². The highest BCUT2D eigenvalue weighted by molar-refractivity contribution is 7.12. The van der Waals surface area contributed by atoms with Crippen molar-refractivity contribution in [2.75, 3.05) is 13.2 Å². The van der Waals surface area contributed by atoms with Crippen LogP contribution in [-0.4, -0.2) is 31.0 Å². The molecule has 0 spiro atoms. The summed E-state index contributed by atoms with van der Waals surface area (Å²) >= 11 is 1.19. The van der Waals surface area contributed by atoms with Crippen LogP contribution in [0.1, 0.15) is 15.2 Å². The van der Waals surface area contributed by atoms with Gasteiger partial charge < -0.3 is 13.9 Å². The molecule has 0 fully saturated rings. The SMILES string of the molecule is Cc1cc(=O)oc2cc(OCC(=O)OCC(=O)NC(=O)c3cccs3)ccc12. The molecule has 0 aliphatic rings. The number of carbonyl (C=O) groups excluding carboxylic acids is 3. The zero-order chi connectivity index (χ0) is 20.1. The summed E-state index contributed by atoms with van der Waals surface area (Å²) in [5.74, 6) is -1.78. The van der Waals surface area contributed by atoms with Crippen molar-refractivity contribution in [1.82, 2.24) is 5.32 Å². The first-order chi connectivity index (χ1) is 13.4. The Hall–Kier alpha value is -3.46. The summed E-state index contributed by atoms with van der Waals surface area (Å²) in [6, 6.07) is 9.45. The van der Waals surface area contributed by atoms with Gasteiger partial charge in [-0.3, -0.25) is 14.9 Å². The molecular formula is C19H15NO7S. The molecular weight excluding hydrogens is 386 g/mol. The summed E-state index contributed by atoms with van der Waals surface area (Å²) in [5, 5.41) is 4.57. The summed E-state index contributed by atoms with van der Waals surface area (Å²) in [6.07, 6.45) is 0. The van der Waals surface area contributed by atoms with E-state index in [9.17, 15) is 19.2 Å². The van der Waals surface area contributed by atoms with E-state index in [0.29, 0.717) is 16.2 Å². The number of esters is 1. The third-order valence-corrected chi connectivity index (χ3v) is 4.51. The van der Waals surface area contributed by atoms with Crippen molar-refractivity contribution in [2.45, 2.75) is 6.92 Å².